The summed E-state index contributed by atoms with van der Waals surface area (Å²) in [6.07, 6.45) is 3.03. The molecular formula is C17H17BrN2O3S. The summed E-state index contributed by atoms with van der Waals surface area (Å²) in [5.41, 5.74) is 1.62. The van der Waals surface area contributed by atoms with E-state index in [2.05, 4.69) is 32.4 Å². The monoisotopic (exact) mass is 408 g/mol. The van der Waals surface area contributed by atoms with Crippen LogP contribution in [0.15, 0.2) is 69.6 Å². The summed E-state index contributed by atoms with van der Waals surface area (Å²) in [5, 5.41) is 3.83. The zero-order chi connectivity index (χ0) is 17.6. The number of hydrogen-bond acceptors (Lipinski definition) is 4. The molecule has 0 aliphatic heterocycles. The van der Waals surface area contributed by atoms with Gasteiger partial charge in [-0.2, -0.15) is 13.5 Å². The van der Waals surface area contributed by atoms with Gasteiger partial charge in [0.1, 0.15) is 12.4 Å². The number of nitrogens with one attached hydrogen (secondary N) is 1. The van der Waals surface area contributed by atoms with E-state index >= 15 is 0 Å². The Morgan fingerprint density at radius 2 is 1.96 bits per heavy atom. The molecule has 24 heavy (non-hydrogen) atoms. The third-order valence-corrected chi connectivity index (χ3v) is 4.77. The summed E-state index contributed by atoms with van der Waals surface area (Å²) in [4.78, 5) is 2.35. The van der Waals surface area contributed by atoms with Crippen LogP contribution in [0.3, 0.4) is 0 Å². The second-order valence-electron chi connectivity index (χ2n) is 4.95. The van der Waals surface area contributed by atoms with Gasteiger partial charge >= 0.3 is 0 Å². The molecule has 0 atom stereocenters. The molecule has 0 spiro atoms. The second kappa shape index (κ2) is 8.12. The lowest BCUT2D eigenvalue weighted by molar-refractivity contribution is 0.362. The van der Waals surface area contributed by atoms with Crippen LogP contribution < -0.4 is 9.57 Å². The van der Waals surface area contributed by atoms with Crippen LogP contribution in [-0.2, 0) is 10.0 Å². The number of hydrogen-bond donors (Lipinski definition) is 1. The molecule has 0 fully saturated rings. The standard InChI is InChI=1S/C17H17BrN2O3S/c1-3-10-23-17-9-6-15(18)11-14(17)12-19-20-24(21,22)16-7-4-13(2)5-8-16/h3-9,11-12,20H,1,10H2,2H3. The fourth-order valence-electron chi connectivity index (χ4n) is 1.84. The minimum Gasteiger partial charge on any atom is -0.489 e. The number of hydrazone groups is 1. The Labute approximate surface area is 150 Å². The quantitative estimate of drug-likeness (QED) is 0.431. The topological polar surface area (TPSA) is 67.8 Å². The molecule has 2 aromatic rings. The summed E-state index contributed by atoms with van der Waals surface area (Å²) in [6, 6.07) is 11.9. The van der Waals surface area contributed by atoms with Gasteiger partial charge in [-0.15, -0.1) is 0 Å². The van der Waals surface area contributed by atoms with Crippen molar-refractivity contribution in [1.82, 2.24) is 4.83 Å². The predicted octanol–water partition coefficient (Wildman–Crippen LogP) is 3.63. The second-order valence-corrected chi connectivity index (χ2v) is 7.52. The van der Waals surface area contributed by atoms with Gasteiger partial charge in [-0.3, -0.25) is 0 Å². The van der Waals surface area contributed by atoms with Crippen LogP contribution in [0.1, 0.15) is 11.1 Å². The summed E-state index contributed by atoms with van der Waals surface area (Å²) in [7, 11) is -3.70. The van der Waals surface area contributed by atoms with Gasteiger partial charge in [0, 0.05) is 10.0 Å². The van der Waals surface area contributed by atoms with Crippen molar-refractivity contribution in [2.45, 2.75) is 11.8 Å². The molecule has 0 aromatic heterocycles. The molecule has 0 bridgehead atoms. The molecule has 0 aliphatic carbocycles. The Morgan fingerprint density at radius 3 is 2.62 bits per heavy atom. The van der Waals surface area contributed by atoms with Gasteiger partial charge in [-0.25, -0.2) is 4.83 Å². The van der Waals surface area contributed by atoms with Crippen LogP contribution in [0, 0.1) is 6.92 Å². The van der Waals surface area contributed by atoms with Crippen LogP contribution in [0.25, 0.3) is 0 Å². The van der Waals surface area contributed by atoms with Crippen molar-refractivity contribution < 1.29 is 13.2 Å². The molecule has 0 amide bonds. The number of aryl methyl sites for hydroxylation is 1. The smallest absolute Gasteiger partial charge is 0.276 e. The molecule has 126 valence electrons. The first-order valence-electron chi connectivity index (χ1n) is 7.07. The Hall–Kier alpha value is -2.12. The summed E-state index contributed by atoms with van der Waals surface area (Å²) >= 11 is 3.36. The molecule has 0 unspecified atom stereocenters. The number of sulfonamides is 1. The average molecular weight is 409 g/mol. The van der Waals surface area contributed by atoms with Crippen molar-refractivity contribution >= 4 is 32.2 Å². The van der Waals surface area contributed by atoms with Gasteiger partial charge in [0.05, 0.1) is 11.1 Å². The van der Waals surface area contributed by atoms with Crippen LogP contribution in [0.2, 0.25) is 0 Å². The molecular weight excluding hydrogens is 392 g/mol. The van der Waals surface area contributed by atoms with Crippen molar-refractivity contribution in [1.29, 1.82) is 0 Å². The zero-order valence-electron chi connectivity index (χ0n) is 13.1. The molecule has 2 aromatic carbocycles. The fraction of sp³-hybridized carbons (Fsp3) is 0.118. The van der Waals surface area contributed by atoms with E-state index in [9.17, 15) is 8.42 Å². The SMILES string of the molecule is C=CCOc1ccc(Br)cc1C=NNS(=O)(=O)c1ccc(C)cc1. The van der Waals surface area contributed by atoms with E-state index in [-0.39, 0.29) is 4.90 Å². The normalized spacial score (nSPS) is 11.4. The van der Waals surface area contributed by atoms with Crippen molar-refractivity contribution in [2.75, 3.05) is 6.61 Å². The minimum absolute atomic E-state index is 0.155. The summed E-state index contributed by atoms with van der Waals surface area (Å²) in [6.45, 7) is 5.83. The fourth-order valence-corrected chi connectivity index (χ4v) is 3.01. The van der Waals surface area contributed by atoms with Crippen LogP contribution >= 0.6 is 15.9 Å². The van der Waals surface area contributed by atoms with Gasteiger partial charge in [0.2, 0.25) is 0 Å². The first kappa shape index (κ1) is 18.2. The predicted molar refractivity (Wildman–Crippen MR) is 98.9 cm³/mol. The largest absolute Gasteiger partial charge is 0.489 e. The molecule has 0 saturated heterocycles. The highest BCUT2D eigenvalue weighted by atomic mass is 79.9. The molecule has 1 N–H and O–H groups in total. The Bertz CT molecular complexity index is 847. The van der Waals surface area contributed by atoms with E-state index in [1.54, 1.807) is 30.3 Å². The number of ether oxygens (including phenoxy) is 1. The molecule has 0 heterocycles. The highest BCUT2D eigenvalue weighted by molar-refractivity contribution is 9.10. The summed E-state index contributed by atoms with van der Waals surface area (Å²) in [5.74, 6) is 0.580. The molecule has 5 nitrogen and oxygen atoms in total. The third kappa shape index (κ3) is 4.94. The van der Waals surface area contributed by atoms with E-state index in [0.717, 1.165) is 10.0 Å². The highest BCUT2D eigenvalue weighted by Gasteiger charge is 2.12. The van der Waals surface area contributed by atoms with E-state index < -0.39 is 10.0 Å². The van der Waals surface area contributed by atoms with Gasteiger partial charge < -0.3 is 4.74 Å². The Morgan fingerprint density at radius 1 is 1.25 bits per heavy atom. The van der Waals surface area contributed by atoms with E-state index in [0.29, 0.717) is 17.9 Å². The summed E-state index contributed by atoms with van der Waals surface area (Å²) < 4.78 is 30.7. The van der Waals surface area contributed by atoms with Gasteiger partial charge in [-0.1, -0.05) is 46.3 Å². The molecule has 0 radical (unpaired) electrons. The maximum atomic E-state index is 12.2. The first-order chi connectivity index (χ1) is 11.4. The lowest BCUT2D eigenvalue weighted by atomic mass is 10.2. The van der Waals surface area contributed by atoms with Crippen molar-refractivity contribution in [3.63, 3.8) is 0 Å². The number of halogens is 1. The minimum atomic E-state index is -3.70. The van der Waals surface area contributed by atoms with Gasteiger partial charge in [-0.05, 0) is 37.3 Å². The molecule has 0 saturated carbocycles. The lowest BCUT2D eigenvalue weighted by Crippen LogP contribution is -2.18. The van der Waals surface area contributed by atoms with Gasteiger partial charge in [0.25, 0.3) is 10.0 Å². The molecule has 0 aliphatic rings. The maximum Gasteiger partial charge on any atom is 0.276 e. The Balaban J connectivity index is 2.17. The van der Waals surface area contributed by atoms with Crippen molar-refractivity contribution in [3.8, 4) is 5.75 Å². The van der Waals surface area contributed by atoms with E-state index in [1.807, 2.05) is 13.0 Å². The molecule has 2 rings (SSSR count). The van der Waals surface area contributed by atoms with Crippen LogP contribution in [0.5, 0.6) is 5.75 Å². The lowest BCUT2D eigenvalue weighted by Gasteiger charge is -2.08. The van der Waals surface area contributed by atoms with E-state index in [4.69, 9.17) is 4.74 Å². The number of benzene rings is 2. The Kier molecular flexibility index (Phi) is 6.16. The third-order valence-electron chi connectivity index (χ3n) is 3.04. The number of nitrogens with zero attached hydrogens (tertiary/aromatic N) is 1. The van der Waals surface area contributed by atoms with E-state index in [1.165, 1.54) is 18.3 Å². The van der Waals surface area contributed by atoms with Crippen LogP contribution in [0.4, 0.5) is 0 Å². The zero-order valence-corrected chi connectivity index (χ0v) is 15.5. The number of rotatable bonds is 7. The van der Waals surface area contributed by atoms with Crippen LogP contribution in [-0.4, -0.2) is 21.2 Å². The highest BCUT2D eigenvalue weighted by Crippen LogP contribution is 2.22. The van der Waals surface area contributed by atoms with Crippen molar-refractivity contribution in [3.05, 3.63) is 70.7 Å². The first-order valence-corrected chi connectivity index (χ1v) is 9.35. The average Bonchev–Trinajstić information content (AvgIpc) is 2.54. The van der Waals surface area contributed by atoms with Gasteiger partial charge in [0.15, 0.2) is 0 Å². The maximum absolute atomic E-state index is 12.2. The molecule has 7 heteroatoms. The van der Waals surface area contributed by atoms with Crippen molar-refractivity contribution in [2.24, 2.45) is 5.10 Å².